The predicted octanol–water partition coefficient (Wildman–Crippen LogP) is 1.50. The summed E-state index contributed by atoms with van der Waals surface area (Å²) in [6.07, 6.45) is 9.28. The van der Waals surface area contributed by atoms with Gasteiger partial charge in [0.1, 0.15) is 5.92 Å². The Hall–Kier alpha value is -1.38. The Bertz CT molecular complexity index is 341. The highest BCUT2D eigenvalue weighted by Gasteiger charge is 2.40. The van der Waals surface area contributed by atoms with Crippen LogP contribution in [-0.4, -0.2) is 18.9 Å². The minimum absolute atomic E-state index is 0.0127. The molecule has 0 aromatic carbocycles. The summed E-state index contributed by atoms with van der Waals surface area (Å²) in [5.74, 6) is -0.760. The molecule has 0 bridgehead atoms. The molecule has 2 aliphatic carbocycles. The lowest BCUT2D eigenvalue weighted by Crippen LogP contribution is -2.38. The Balaban J connectivity index is 2.16. The molecule has 1 fully saturated rings. The summed E-state index contributed by atoms with van der Waals surface area (Å²) in [6, 6.07) is 0. The number of Topliss-reactive ketones (excluding diaryl/α,β-unsaturated/α-hetero) is 1. The van der Waals surface area contributed by atoms with Gasteiger partial charge in [0.05, 0.1) is 7.11 Å². The summed E-state index contributed by atoms with van der Waals surface area (Å²) < 4.78 is 4.64. The van der Waals surface area contributed by atoms with Crippen LogP contribution in [-0.2, 0) is 14.3 Å². The van der Waals surface area contributed by atoms with E-state index in [9.17, 15) is 9.59 Å². The van der Waals surface area contributed by atoms with E-state index in [4.69, 9.17) is 0 Å². The highest BCUT2D eigenvalue weighted by molar-refractivity contribution is 6.01. The molecular formula is C12H14O3. The number of ketones is 1. The Morgan fingerprint density at radius 3 is 2.80 bits per heavy atom. The number of ether oxygens (including phenoxy) is 1. The molecule has 0 spiro atoms. The molecule has 0 heterocycles. The van der Waals surface area contributed by atoms with Gasteiger partial charge in [0.15, 0.2) is 5.78 Å². The van der Waals surface area contributed by atoms with Crippen LogP contribution in [0.15, 0.2) is 24.3 Å². The molecule has 2 rings (SSSR count). The number of methoxy groups -OCH3 is 1. The maximum absolute atomic E-state index is 12.0. The van der Waals surface area contributed by atoms with Crippen LogP contribution in [0.3, 0.4) is 0 Å². The van der Waals surface area contributed by atoms with Gasteiger partial charge in [-0.3, -0.25) is 9.59 Å². The summed E-state index contributed by atoms with van der Waals surface area (Å²) in [7, 11) is 1.33. The molecule has 0 amide bonds. The zero-order valence-electron chi connectivity index (χ0n) is 8.68. The van der Waals surface area contributed by atoms with Crippen LogP contribution in [0.5, 0.6) is 0 Å². The first-order valence-corrected chi connectivity index (χ1v) is 5.20. The van der Waals surface area contributed by atoms with Crippen LogP contribution in [0, 0.1) is 17.8 Å². The van der Waals surface area contributed by atoms with Crippen LogP contribution in [0.1, 0.15) is 12.8 Å². The van der Waals surface area contributed by atoms with E-state index in [0.717, 1.165) is 6.42 Å². The molecule has 2 aliphatic rings. The van der Waals surface area contributed by atoms with Gasteiger partial charge in [0, 0.05) is 5.92 Å². The van der Waals surface area contributed by atoms with E-state index in [2.05, 4.69) is 10.8 Å². The first kappa shape index (κ1) is 10.1. The lowest BCUT2D eigenvalue weighted by Gasteiger charge is -2.31. The first-order chi connectivity index (χ1) is 7.24. The molecule has 0 radical (unpaired) electrons. The second kappa shape index (κ2) is 4.01. The summed E-state index contributed by atoms with van der Waals surface area (Å²) in [5, 5.41) is 0. The van der Waals surface area contributed by atoms with Gasteiger partial charge < -0.3 is 4.74 Å². The van der Waals surface area contributed by atoms with Gasteiger partial charge >= 0.3 is 5.97 Å². The highest BCUT2D eigenvalue weighted by Crippen LogP contribution is 2.35. The number of hydrogen-bond donors (Lipinski definition) is 0. The number of hydrogen-bond acceptors (Lipinski definition) is 3. The summed E-state index contributed by atoms with van der Waals surface area (Å²) in [4.78, 5) is 23.3. The molecule has 0 N–H and O–H groups in total. The van der Waals surface area contributed by atoms with Gasteiger partial charge in [-0.15, -0.1) is 0 Å². The van der Waals surface area contributed by atoms with Gasteiger partial charge in [-0.05, 0) is 18.8 Å². The van der Waals surface area contributed by atoms with Crippen molar-refractivity contribution >= 4 is 11.8 Å². The van der Waals surface area contributed by atoms with E-state index < -0.39 is 5.92 Å². The standard InChI is InChI=1S/C12H14O3/c1-15-12(14)10-7-6-8-4-2-3-5-9(8)11(10)13/h2-5,8-10H,6-7H2,1H3. The number of rotatable bonds is 1. The second-order valence-corrected chi connectivity index (χ2v) is 4.01. The van der Waals surface area contributed by atoms with Crippen molar-refractivity contribution in [3.8, 4) is 0 Å². The van der Waals surface area contributed by atoms with E-state index in [0.29, 0.717) is 6.42 Å². The summed E-state index contributed by atoms with van der Waals surface area (Å²) in [6.45, 7) is 0. The average molecular weight is 206 g/mol. The Morgan fingerprint density at radius 2 is 2.07 bits per heavy atom. The largest absolute Gasteiger partial charge is 0.468 e. The molecule has 3 nitrogen and oxygen atoms in total. The maximum atomic E-state index is 12.0. The van der Waals surface area contributed by atoms with Crippen LogP contribution in [0.4, 0.5) is 0 Å². The van der Waals surface area contributed by atoms with Crippen LogP contribution in [0.25, 0.3) is 0 Å². The molecule has 0 aromatic heterocycles. The molecule has 0 saturated heterocycles. The number of carbonyl (C=O) groups is 2. The molecule has 15 heavy (non-hydrogen) atoms. The minimum atomic E-state index is -0.549. The molecule has 0 aliphatic heterocycles. The van der Waals surface area contributed by atoms with Crippen molar-refractivity contribution in [3.63, 3.8) is 0 Å². The van der Waals surface area contributed by atoms with Gasteiger partial charge in [0.2, 0.25) is 0 Å². The zero-order valence-corrected chi connectivity index (χ0v) is 8.68. The Labute approximate surface area is 88.8 Å². The Kier molecular flexibility index (Phi) is 2.71. The number of allylic oxidation sites excluding steroid dienone is 4. The monoisotopic (exact) mass is 206 g/mol. The fraction of sp³-hybridized carbons (Fsp3) is 0.500. The lowest BCUT2D eigenvalue weighted by molar-refractivity contribution is -0.152. The first-order valence-electron chi connectivity index (χ1n) is 5.20. The highest BCUT2D eigenvalue weighted by atomic mass is 16.5. The fourth-order valence-corrected chi connectivity index (χ4v) is 2.34. The minimum Gasteiger partial charge on any atom is -0.468 e. The van der Waals surface area contributed by atoms with Crippen molar-refractivity contribution in [2.75, 3.05) is 7.11 Å². The third-order valence-electron chi connectivity index (χ3n) is 3.20. The van der Waals surface area contributed by atoms with E-state index in [-0.39, 0.29) is 23.6 Å². The maximum Gasteiger partial charge on any atom is 0.316 e. The van der Waals surface area contributed by atoms with Crippen LogP contribution >= 0.6 is 0 Å². The molecule has 0 aromatic rings. The van der Waals surface area contributed by atoms with Crippen molar-refractivity contribution in [1.29, 1.82) is 0 Å². The lowest BCUT2D eigenvalue weighted by atomic mass is 9.71. The Morgan fingerprint density at radius 1 is 1.33 bits per heavy atom. The quantitative estimate of drug-likeness (QED) is 0.482. The molecule has 80 valence electrons. The van der Waals surface area contributed by atoms with Gasteiger partial charge in [-0.1, -0.05) is 24.3 Å². The van der Waals surface area contributed by atoms with Crippen molar-refractivity contribution in [2.45, 2.75) is 12.8 Å². The second-order valence-electron chi connectivity index (χ2n) is 4.01. The number of esters is 1. The van der Waals surface area contributed by atoms with Crippen molar-refractivity contribution in [2.24, 2.45) is 17.8 Å². The number of fused-ring (bicyclic) bond motifs is 1. The van der Waals surface area contributed by atoms with Crippen LogP contribution in [0.2, 0.25) is 0 Å². The fourth-order valence-electron chi connectivity index (χ4n) is 2.34. The topological polar surface area (TPSA) is 43.4 Å². The third-order valence-corrected chi connectivity index (χ3v) is 3.20. The normalized spacial score (nSPS) is 33.7. The molecule has 3 atom stereocenters. The number of carbonyl (C=O) groups excluding carboxylic acids is 2. The average Bonchev–Trinajstić information content (AvgIpc) is 2.29. The van der Waals surface area contributed by atoms with Crippen molar-refractivity contribution < 1.29 is 14.3 Å². The van der Waals surface area contributed by atoms with E-state index in [1.807, 2.05) is 18.2 Å². The smallest absolute Gasteiger partial charge is 0.316 e. The predicted molar refractivity (Wildman–Crippen MR) is 55.0 cm³/mol. The van der Waals surface area contributed by atoms with E-state index in [1.54, 1.807) is 0 Å². The SMILES string of the molecule is COC(=O)C1CCC2C=CC=CC2C1=O. The summed E-state index contributed by atoms with van der Waals surface area (Å²) in [5.41, 5.74) is 0. The van der Waals surface area contributed by atoms with Gasteiger partial charge in [-0.2, -0.15) is 0 Å². The zero-order chi connectivity index (χ0) is 10.8. The van der Waals surface area contributed by atoms with Crippen molar-refractivity contribution in [3.05, 3.63) is 24.3 Å². The van der Waals surface area contributed by atoms with Crippen molar-refractivity contribution in [1.82, 2.24) is 0 Å². The van der Waals surface area contributed by atoms with Gasteiger partial charge in [-0.25, -0.2) is 0 Å². The summed E-state index contributed by atoms with van der Waals surface area (Å²) >= 11 is 0. The van der Waals surface area contributed by atoms with Gasteiger partial charge in [0.25, 0.3) is 0 Å². The van der Waals surface area contributed by atoms with E-state index in [1.165, 1.54) is 7.11 Å². The van der Waals surface area contributed by atoms with E-state index >= 15 is 0 Å². The molecule has 1 saturated carbocycles. The van der Waals surface area contributed by atoms with Crippen LogP contribution < -0.4 is 0 Å². The molecule has 3 heteroatoms. The molecular weight excluding hydrogens is 192 g/mol. The molecule has 3 unspecified atom stereocenters. The third kappa shape index (κ3) is 1.74.